The Morgan fingerprint density at radius 1 is 0.667 bits per heavy atom. The van der Waals surface area contributed by atoms with Crippen LogP contribution in [0.3, 0.4) is 0 Å². The van der Waals surface area contributed by atoms with Gasteiger partial charge >= 0.3 is 0 Å². The van der Waals surface area contributed by atoms with Crippen molar-refractivity contribution in [1.29, 1.82) is 0 Å². The summed E-state index contributed by atoms with van der Waals surface area (Å²) in [6.07, 6.45) is 8.69. The molecule has 0 aliphatic rings. The van der Waals surface area contributed by atoms with E-state index in [-0.39, 0.29) is 0 Å². The average molecular weight is 234 g/mol. The predicted molar refractivity (Wildman–Crippen MR) is 66.9 cm³/mol. The van der Waals surface area contributed by atoms with E-state index in [1.807, 2.05) is 6.92 Å². The smallest absolute Gasteiger partial charge is 0.150 e. The first kappa shape index (κ1) is 14.9. The summed E-state index contributed by atoms with van der Waals surface area (Å²) in [6, 6.07) is 0. The van der Waals surface area contributed by atoms with Crippen LogP contribution in [0.2, 0.25) is 0 Å². The van der Waals surface area contributed by atoms with Crippen LogP contribution in [0.4, 0.5) is 0 Å². The van der Waals surface area contributed by atoms with Gasteiger partial charge in [0, 0.05) is 0 Å². The topological polar surface area (TPSA) is 34.1 Å². The third-order valence-electron chi connectivity index (χ3n) is 2.62. The van der Waals surface area contributed by atoms with Gasteiger partial charge in [-0.25, -0.2) is 8.42 Å². The van der Waals surface area contributed by atoms with Gasteiger partial charge in [0.05, 0.1) is 11.5 Å². The van der Waals surface area contributed by atoms with Gasteiger partial charge in [0.2, 0.25) is 0 Å². The summed E-state index contributed by atoms with van der Waals surface area (Å²) in [6.45, 7) is 4.22. The summed E-state index contributed by atoms with van der Waals surface area (Å²) < 4.78 is 23.0. The van der Waals surface area contributed by atoms with E-state index >= 15 is 0 Å². The molecule has 3 heteroatoms. The Balaban J connectivity index is 3.41. The number of hydrogen-bond donors (Lipinski definition) is 0. The highest BCUT2D eigenvalue weighted by Crippen LogP contribution is 2.07. The molecule has 0 aromatic carbocycles. The standard InChI is InChI=1S/C12H26O2S/c1-3-5-7-8-9-10-12-15(13,14)11-6-4-2/h3-12H2,1-2H3. The molecular formula is C12H26O2S. The van der Waals surface area contributed by atoms with Gasteiger partial charge in [-0.3, -0.25) is 0 Å². The van der Waals surface area contributed by atoms with Crippen molar-refractivity contribution >= 4 is 9.84 Å². The normalized spacial score (nSPS) is 11.9. The molecular weight excluding hydrogens is 208 g/mol. The van der Waals surface area contributed by atoms with Gasteiger partial charge in [-0.05, 0) is 12.8 Å². The van der Waals surface area contributed by atoms with Crippen LogP contribution < -0.4 is 0 Å². The molecule has 0 saturated heterocycles. The molecule has 0 bridgehead atoms. The van der Waals surface area contributed by atoms with Crippen LogP contribution in [0.1, 0.15) is 65.2 Å². The molecule has 0 heterocycles. The van der Waals surface area contributed by atoms with Gasteiger partial charge in [-0.1, -0.05) is 52.4 Å². The van der Waals surface area contributed by atoms with Crippen LogP contribution >= 0.6 is 0 Å². The molecule has 0 saturated carbocycles. The zero-order chi connectivity index (χ0) is 11.6. The molecule has 0 aliphatic carbocycles. The molecule has 0 fully saturated rings. The molecule has 0 aromatic rings. The fourth-order valence-corrected chi connectivity index (χ4v) is 3.15. The van der Waals surface area contributed by atoms with Crippen LogP contribution in [0.25, 0.3) is 0 Å². The van der Waals surface area contributed by atoms with Crippen molar-refractivity contribution in [2.75, 3.05) is 11.5 Å². The average Bonchev–Trinajstić information content (AvgIpc) is 2.20. The summed E-state index contributed by atoms with van der Waals surface area (Å²) in [5.74, 6) is 0.789. The Morgan fingerprint density at radius 3 is 1.73 bits per heavy atom. The van der Waals surface area contributed by atoms with E-state index < -0.39 is 9.84 Å². The highest BCUT2D eigenvalue weighted by molar-refractivity contribution is 7.91. The molecule has 92 valence electrons. The van der Waals surface area contributed by atoms with Crippen molar-refractivity contribution < 1.29 is 8.42 Å². The van der Waals surface area contributed by atoms with E-state index in [2.05, 4.69) is 6.92 Å². The Bertz CT molecular complexity index is 220. The van der Waals surface area contributed by atoms with Crippen molar-refractivity contribution in [3.8, 4) is 0 Å². The Labute approximate surface area is 95.4 Å². The van der Waals surface area contributed by atoms with Gasteiger partial charge in [0.15, 0.2) is 0 Å². The fourth-order valence-electron chi connectivity index (χ4n) is 1.57. The lowest BCUT2D eigenvalue weighted by Crippen LogP contribution is -2.10. The summed E-state index contributed by atoms with van der Waals surface area (Å²) in [5, 5.41) is 0. The first-order chi connectivity index (χ1) is 7.12. The lowest BCUT2D eigenvalue weighted by Gasteiger charge is -2.03. The number of sulfone groups is 1. The van der Waals surface area contributed by atoms with Crippen LogP contribution in [0, 0.1) is 0 Å². The molecule has 2 nitrogen and oxygen atoms in total. The third-order valence-corrected chi connectivity index (χ3v) is 4.44. The van der Waals surface area contributed by atoms with Crippen molar-refractivity contribution in [1.82, 2.24) is 0 Å². The largest absolute Gasteiger partial charge is 0.229 e. The molecule has 15 heavy (non-hydrogen) atoms. The monoisotopic (exact) mass is 234 g/mol. The van der Waals surface area contributed by atoms with Gasteiger partial charge in [-0.15, -0.1) is 0 Å². The SMILES string of the molecule is CCCCCCCCS(=O)(=O)CCCC. The summed E-state index contributed by atoms with van der Waals surface area (Å²) in [4.78, 5) is 0. The van der Waals surface area contributed by atoms with Gasteiger partial charge in [0.25, 0.3) is 0 Å². The van der Waals surface area contributed by atoms with Crippen molar-refractivity contribution in [3.63, 3.8) is 0 Å². The lowest BCUT2D eigenvalue weighted by molar-refractivity contribution is 0.581. The Hall–Kier alpha value is -0.0500. The van der Waals surface area contributed by atoms with E-state index in [4.69, 9.17) is 0 Å². The molecule has 0 amide bonds. The summed E-state index contributed by atoms with van der Waals surface area (Å²) in [5.41, 5.74) is 0. The van der Waals surface area contributed by atoms with E-state index in [1.54, 1.807) is 0 Å². The van der Waals surface area contributed by atoms with Crippen molar-refractivity contribution in [3.05, 3.63) is 0 Å². The van der Waals surface area contributed by atoms with Gasteiger partial charge in [-0.2, -0.15) is 0 Å². The van der Waals surface area contributed by atoms with Crippen molar-refractivity contribution in [2.45, 2.75) is 65.2 Å². The zero-order valence-electron chi connectivity index (χ0n) is 10.3. The van der Waals surface area contributed by atoms with Gasteiger partial charge < -0.3 is 0 Å². The highest BCUT2D eigenvalue weighted by atomic mass is 32.2. The molecule has 0 rings (SSSR count). The van der Waals surface area contributed by atoms with Crippen LogP contribution in [-0.4, -0.2) is 19.9 Å². The minimum absolute atomic E-state index is 0.387. The first-order valence-corrected chi connectivity index (χ1v) is 8.15. The van der Waals surface area contributed by atoms with E-state index in [0.717, 1.165) is 25.7 Å². The molecule has 0 spiro atoms. The van der Waals surface area contributed by atoms with Crippen LogP contribution in [0.15, 0.2) is 0 Å². The van der Waals surface area contributed by atoms with Crippen LogP contribution in [0.5, 0.6) is 0 Å². The molecule has 0 atom stereocenters. The second-order valence-electron chi connectivity index (χ2n) is 4.27. The molecule has 0 radical (unpaired) electrons. The van der Waals surface area contributed by atoms with Crippen molar-refractivity contribution in [2.24, 2.45) is 0 Å². The zero-order valence-corrected chi connectivity index (χ0v) is 11.1. The highest BCUT2D eigenvalue weighted by Gasteiger charge is 2.08. The van der Waals surface area contributed by atoms with E-state index in [0.29, 0.717) is 11.5 Å². The molecule has 0 N–H and O–H groups in total. The lowest BCUT2D eigenvalue weighted by atomic mass is 10.1. The number of hydrogen-bond acceptors (Lipinski definition) is 2. The molecule has 0 unspecified atom stereocenters. The Morgan fingerprint density at radius 2 is 1.13 bits per heavy atom. The minimum atomic E-state index is -2.74. The quantitative estimate of drug-likeness (QED) is 0.542. The second kappa shape index (κ2) is 9.20. The first-order valence-electron chi connectivity index (χ1n) is 6.32. The maximum Gasteiger partial charge on any atom is 0.150 e. The number of unbranched alkanes of at least 4 members (excludes halogenated alkanes) is 6. The third kappa shape index (κ3) is 10.2. The predicted octanol–water partition coefficient (Wildman–Crippen LogP) is 3.56. The minimum Gasteiger partial charge on any atom is -0.229 e. The maximum absolute atomic E-state index is 11.5. The maximum atomic E-state index is 11.5. The van der Waals surface area contributed by atoms with E-state index in [1.165, 1.54) is 25.7 Å². The molecule has 0 aromatic heterocycles. The van der Waals surface area contributed by atoms with Gasteiger partial charge in [0.1, 0.15) is 9.84 Å². The molecule has 0 aliphatic heterocycles. The summed E-state index contributed by atoms with van der Waals surface area (Å²) >= 11 is 0. The number of rotatable bonds is 10. The van der Waals surface area contributed by atoms with E-state index in [9.17, 15) is 8.42 Å². The van der Waals surface area contributed by atoms with Crippen LogP contribution in [-0.2, 0) is 9.84 Å². The fraction of sp³-hybridized carbons (Fsp3) is 1.00. The Kier molecular flexibility index (Phi) is 9.17. The summed E-state index contributed by atoms with van der Waals surface area (Å²) in [7, 11) is -2.74. The second-order valence-corrected chi connectivity index (χ2v) is 6.58.